The molecular formula is C27H23NO6. The van der Waals surface area contributed by atoms with Crippen LogP contribution in [0, 0.1) is 17.0 Å². The molecule has 0 N–H and O–H groups in total. The summed E-state index contributed by atoms with van der Waals surface area (Å²) in [6.45, 7) is 8.03. The maximum atomic E-state index is 12.9. The summed E-state index contributed by atoms with van der Waals surface area (Å²) in [5.41, 5.74) is 3.05. The van der Waals surface area contributed by atoms with Gasteiger partial charge >= 0.3 is 5.97 Å². The fraction of sp³-hybridized carbons (Fsp3) is 0.185. The van der Waals surface area contributed by atoms with Crippen molar-refractivity contribution in [3.8, 4) is 11.5 Å². The van der Waals surface area contributed by atoms with Gasteiger partial charge in [-0.25, -0.2) is 4.79 Å². The molecule has 34 heavy (non-hydrogen) atoms. The number of aryl methyl sites for hydroxylation is 1. The van der Waals surface area contributed by atoms with Gasteiger partial charge in [-0.05, 0) is 65.4 Å². The standard InChI is InChI=1S/C27H23NO6/c1-16-13-21(33-26(30)18-7-9-19(10-8-18)27(2,3)4)15-22-24(16)25(29)23(34-22)14-17-5-11-20(12-6-17)28(31)32/h5-15H,1-4H3/b23-14-. The molecule has 4 rings (SSSR count). The number of carbonyl (C=O) groups is 2. The smallest absolute Gasteiger partial charge is 0.343 e. The van der Waals surface area contributed by atoms with Crippen molar-refractivity contribution in [1.29, 1.82) is 0 Å². The quantitative estimate of drug-likeness (QED) is 0.156. The van der Waals surface area contributed by atoms with E-state index in [1.165, 1.54) is 36.4 Å². The molecule has 1 aliphatic rings. The highest BCUT2D eigenvalue weighted by Crippen LogP contribution is 2.38. The van der Waals surface area contributed by atoms with Gasteiger partial charge in [0.1, 0.15) is 11.5 Å². The molecule has 7 nitrogen and oxygen atoms in total. The molecule has 3 aromatic rings. The van der Waals surface area contributed by atoms with Crippen LogP contribution in [0.5, 0.6) is 11.5 Å². The van der Waals surface area contributed by atoms with Gasteiger partial charge in [0.25, 0.3) is 5.69 Å². The number of non-ortho nitro benzene ring substituents is 1. The molecule has 0 bridgehead atoms. The fourth-order valence-corrected chi connectivity index (χ4v) is 3.65. The third kappa shape index (κ3) is 4.59. The van der Waals surface area contributed by atoms with Crippen LogP contribution in [0.25, 0.3) is 6.08 Å². The van der Waals surface area contributed by atoms with Crippen LogP contribution in [0.3, 0.4) is 0 Å². The summed E-state index contributed by atoms with van der Waals surface area (Å²) in [5.74, 6) is -0.157. The Labute approximate surface area is 196 Å². The van der Waals surface area contributed by atoms with E-state index in [2.05, 4.69) is 20.8 Å². The predicted octanol–water partition coefficient (Wildman–Crippen LogP) is 6.04. The molecule has 172 valence electrons. The van der Waals surface area contributed by atoms with Crippen LogP contribution in [-0.4, -0.2) is 16.7 Å². The number of Topliss-reactive ketones (excluding diaryl/α,β-unsaturated/α-hetero) is 1. The number of nitro benzene ring substituents is 1. The Hall–Kier alpha value is -4.26. The van der Waals surface area contributed by atoms with E-state index in [0.717, 1.165) is 5.56 Å². The number of carbonyl (C=O) groups excluding carboxylic acids is 2. The molecule has 0 fully saturated rings. The number of allylic oxidation sites excluding steroid dienone is 1. The zero-order valence-corrected chi connectivity index (χ0v) is 19.2. The van der Waals surface area contributed by atoms with Gasteiger partial charge in [0, 0.05) is 18.2 Å². The van der Waals surface area contributed by atoms with Crippen LogP contribution in [0.15, 0.2) is 66.4 Å². The molecule has 0 unspecified atom stereocenters. The largest absolute Gasteiger partial charge is 0.452 e. The zero-order valence-electron chi connectivity index (χ0n) is 19.2. The van der Waals surface area contributed by atoms with Crippen molar-refractivity contribution in [3.63, 3.8) is 0 Å². The molecular weight excluding hydrogens is 434 g/mol. The van der Waals surface area contributed by atoms with E-state index in [-0.39, 0.29) is 28.4 Å². The number of fused-ring (bicyclic) bond motifs is 1. The Morgan fingerprint density at radius 3 is 2.26 bits per heavy atom. The van der Waals surface area contributed by atoms with Crippen molar-refractivity contribution in [3.05, 3.63) is 104 Å². The molecule has 1 aliphatic heterocycles. The number of hydrogen-bond donors (Lipinski definition) is 0. The van der Waals surface area contributed by atoms with Crippen molar-refractivity contribution in [2.75, 3.05) is 0 Å². The summed E-state index contributed by atoms with van der Waals surface area (Å²) in [6, 6.07) is 16.2. The lowest BCUT2D eigenvalue weighted by Crippen LogP contribution is -2.13. The minimum absolute atomic E-state index is 0.0247. The number of esters is 1. The summed E-state index contributed by atoms with van der Waals surface area (Å²) >= 11 is 0. The molecule has 0 saturated heterocycles. The minimum atomic E-state index is -0.509. The maximum Gasteiger partial charge on any atom is 0.343 e. The average Bonchev–Trinajstić information content (AvgIpc) is 3.09. The van der Waals surface area contributed by atoms with Gasteiger partial charge in [-0.2, -0.15) is 0 Å². The number of rotatable bonds is 4. The average molecular weight is 457 g/mol. The van der Waals surface area contributed by atoms with E-state index in [9.17, 15) is 19.7 Å². The van der Waals surface area contributed by atoms with Gasteiger partial charge < -0.3 is 9.47 Å². The molecule has 0 amide bonds. The van der Waals surface area contributed by atoms with Crippen LogP contribution in [-0.2, 0) is 5.41 Å². The summed E-state index contributed by atoms with van der Waals surface area (Å²) in [7, 11) is 0. The Bertz CT molecular complexity index is 1330. The third-order valence-electron chi connectivity index (χ3n) is 5.54. The normalized spacial score (nSPS) is 14.0. The maximum absolute atomic E-state index is 12.9. The number of benzene rings is 3. The van der Waals surface area contributed by atoms with E-state index in [1.54, 1.807) is 25.1 Å². The zero-order chi connectivity index (χ0) is 24.6. The number of nitrogens with zero attached hydrogens (tertiary/aromatic N) is 1. The molecule has 1 heterocycles. The van der Waals surface area contributed by atoms with Crippen LogP contribution in [0.4, 0.5) is 5.69 Å². The van der Waals surface area contributed by atoms with Gasteiger partial charge in [0.2, 0.25) is 5.78 Å². The molecule has 0 saturated carbocycles. The second kappa shape index (κ2) is 8.59. The lowest BCUT2D eigenvalue weighted by Gasteiger charge is -2.18. The second-order valence-corrected chi connectivity index (χ2v) is 9.12. The van der Waals surface area contributed by atoms with Crippen LogP contribution in [0.1, 0.15) is 58.2 Å². The van der Waals surface area contributed by atoms with E-state index in [0.29, 0.717) is 28.0 Å². The first kappa shape index (κ1) is 22.9. The Morgan fingerprint density at radius 2 is 1.68 bits per heavy atom. The van der Waals surface area contributed by atoms with E-state index >= 15 is 0 Å². The first-order chi connectivity index (χ1) is 16.0. The van der Waals surface area contributed by atoms with Gasteiger partial charge in [-0.1, -0.05) is 32.9 Å². The molecule has 0 atom stereocenters. The molecule has 0 radical (unpaired) electrons. The van der Waals surface area contributed by atoms with Crippen LogP contribution in [0.2, 0.25) is 0 Å². The van der Waals surface area contributed by atoms with Crippen molar-refractivity contribution in [1.82, 2.24) is 0 Å². The number of ether oxygens (including phenoxy) is 2. The molecule has 3 aromatic carbocycles. The summed E-state index contributed by atoms with van der Waals surface area (Å²) < 4.78 is 11.3. The Kier molecular flexibility index (Phi) is 5.79. The number of hydrogen-bond acceptors (Lipinski definition) is 6. The van der Waals surface area contributed by atoms with E-state index in [4.69, 9.17) is 9.47 Å². The highest BCUT2D eigenvalue weighted by molar-refractivity contribution is 6.15. The second-order valence-electron chi connectivity index (χ2n) is 9.12. The van der Waals surface area contributed by atoms with Crippen LogP contribution < -0.4 is 9.47 Å². The summed E-state index contributed by atoms with van der Waals surface area (Å²) in [5, 5.41) is 10.8. The first-order valence-corrected chi connectivity index (χ1v) is 10.7. The SMILES string of the molecule is Cc1cc(OC(=O)c2ccc(C(C)(C)C)cc2)cc2c1C(=O)/C(=C/c1ccc([N+](=O)[O-])cc1)O2. The Balaban J connectivity index is 1.54. The minimum Gasteiger partial charge on any atom is -0.452 e. The summed E-state index contributed by atoms with van der Waals surface area (Å²) in [6.07, 6.45) is 1.52. The number of ketones is 1. The summed E-state index contributed by atoms with van der Waals surface area (Å²) in [4.78, 5) is 35.8. The van der Waals surface area contributed by atoms with Crippen molar-refractivity contribution >= 4 is 23.5 Å². The molecule has 0 spiro atoms. The fourth-order valence-electron chi connectivity index (χ4n) is 3.65. The van der Waals surface area contributed by atoms with Crippen molar-refractivity contribution in [2.24, 2.45) is 0 Å². The topological polar surface area (TPSA) is 95.7 Å². The highest BCUT2D eigenvalue weighted by Gasteiger charge is 2.30. The molecule has 0 aliphatic carbocycles. The number of nitro groups is 1. The lowest BCUT2D eigenvalue weighted by atomic mass is 9.87. The first-order valence-electron chi connectivity index (χ1n) is 10.7. The predicted molar refractivity (Wildman–Crippen MR) is 127 cm³/mol. The highest BCUT2D eigenvalue weighted by atomic mass is 16.6. The van der Waals surface area contributed by atoms with Gasteiger partial charge in [0.05, 0.1) is 16.1 Å². The van der Waals surface area contributed by atoms with E-state index in [1.807, 2.05) is 12.1 Å². The van der Waals surface area contributed by atoms with Crippen molar-refractivity contribution < 1.29 is 24.0 Å². The lowest BCUT2D eigenvalue weighted by molar-refractivity contribution is -0.384. The van der Waals surface area contributed by atoms with Gasteiger partial charge in [0.15, 0.2) is 5.76 Å². The van der Waals surface area contributed by atoms with Gasteiger partial charge in [-0.3, -0.25) is 14.9 Å². The van der Waals surface area contributed by atoms with Crippen LogP contribution >= 0.6 is 0 Å². The van der Waals surface area contributed by atoms with Gasteiger partial charge in [-0.15, -0.1) is 0 Å². The molecule has 7 heteroatoms. The monoisotopic (exact) mass is 457 g/mol. The Morgan fingerprint density at radius 1 is 1.03 bits per heavy atom. The van der Waals surface area contributed by atoms with E-state index < -0.39 is 10.9 Å². The van der Waals surface area contributed by atoms with Crippen molar-refractivity contribution in [2.45, 2.75) is 33.1 Å². The third-order valence-corrected chi connectivity index (χ3v) is 5.54. The molecule has 0 aromatic heterocycles.